The third-order valence-electron chi connectivity index (χ3n) is 3.23. The van der Waals surface area contributed by atoms with Gasteiger partial charge in [-0.15, -0.1) is 24.8 Å². The Morgan fingerprint density at radius 2 is 1.88 bits per heavy atom. The number of carbonyl (C=O) groups is 1. The minimum absolute atomic E-state index is 0. The summed E-state index contributed by atoms with van der Waals surface area (Å²) < 4.78 is 11.6. The van der Waals surface area contributed by atoms with E-state index in [1.807, 2.05) is 37.3 Å². The van der Waals surface area contributed by atoms with Gasteiger partial charge >= 0.3 is 0 Å². The van der Waals surface area contributed by atoms with Crippen molar-refractivity contribution in [2.24, 2.45) is 5.73 Å². The molecule has 0 aliphatic carbocycles. The topological polar surface area (TPSA) is 86.5 Å². The molecule has 0 saturated carbocycles. The SMILES string of the molecule is CCCOc1ccccc1Oc1ncccc1CNC(=O)[C@@H](C)N.Cl.Cl. The maximum absolute atomic E-state index is 11.6. The summed E-state index contributed by atoms with van der Waals surface area (Å²) in [5, 5.41) is 2.76. The number of benzene rings is 1. The molecule has 26 heavy (non-hydrogen) atoms. The predicted molar refractivity (Wildman–Crippen MR) is 107 cm³/mol. The lowest BCUT2D eigenvalue weighted by Gasteiger charge is -2.14. The highest BCUT2D eigenvalue weighted by molar-refractivity contribution is 5.85. The van der Waals surface area contributed by atoms with Crippen LogP contribution in [0.2, 0.25) is 0 Å². The number of hydrogen-bond acceptors (Lipinski definition) is 5. The Labute approximate surface area is 166 Å². The molecule has 0 radical (unpaired) electrons. The summed E-state index contributed by atoms with van der Waals surface area (Å²) in [5.74, 6) is 1.45. The van der Waals surface area contributed by atoms with Crippen LogP contribution in [0.25, 0.3) is 0 Å². The first-order valence-corrected chi connectivity index (χ1v) is 7.98. The van der Waals surface area contributed by atoms with Gasteiger partial charge in [-0.2, -0.15) is 0 Å². The normalized spacial score (nSPS) is 10.7. The number of carbonyl (C=O) groups excluding carboxylic acids is 1. The molecule has 0 saturated heterocycles. The molecule has 2 rings (SSSR count). The van der Waals surface area contributed by atoms with Crippen LogP contribution in [0.3, 0.4) is 0 Å². The van der Waals surface area contributed by atoms with E-state index in [0.717, 1.165) is 12.0 Å². The zero-order chi connectivity index (χ0) is 17.4. The van der Waals surface area contributed by atoms with Crippen molar-refractivity contribution in [2.45, 2.75) is 32.9 Å². The zero-order valence-corrected chi connectivity index (χ0v) is 16.4. The van der Waals surface area contributed by atoms with Crippen molar-refractivity contribution in [2.75, 3.05) is 6.61 Å². The number of hydrogen-bond donors (Lipinski definition) is 2. The number of nitrogens with one attached hydrogen (secondary N) is 1. The van der Waals surface area contributed by atoms with Gasteiger partial charge in [0, 0.05) is 18.3 Å². The lowest BCUT2D eigenvalue weighted by Crippen LogP contribution is -2.37. The molecule has 6 nitrogen and oxygen atoms in total. The third kappa shape index (κ3) is 7.07. The summed E-state index contributed by atoms with van der Waals surface area (Å²) in [6.07, 6.45) is 2.55. The number of nitrogens with zero attached hydrogens (tertiary/aromatic N) is 1. The highest BCUT2D eigenvalue weighted by Crippen LogP contribution is 2.31. The Kier molecular flexibility index (Phi) is 11.4. The lowest BCUT2D eigenvalue weighted by molar-refractivity contribution is -0.122. The van der Waals surface area contributed by atoms with Crippen LogP contribution in [0.5, 0.6) is 17.4 Å². The van der Waals surface area contributed by atoms with Crippen LogP contribution < -0.4 is 20.5 Å². The maximum atomic E-state index is 11.6. The van der Waals surface area contributed by atoms with Crippen LogP contribution in [0, 0.1) is 0 Å². The number of aromatic nitrogens is 1. The van der Waals surface area contributed by atoms with Crippen LogP contribution in [0.4, 0.5) is 0 Å². The minimum atomic E-state index is -0.561. The Balaban J connectivity index is 0.00000312. The summed E-state index contributed by atoms with van der Waals surface area (Å²) in [5.41, 5.74) is 6.31. The first-order valence-electron chi connectivity index (χ1n) is 7.98. The van der Waals surface area contributed by atoms with Crippen molar-refractivity contribution >= 4 is 30.7 Å². The van der Waals surface area contributed by atoms with E-state index < -0.39 is 6.04 Å². The van der Waals surface area contributed by atoms with E-state index in [-0.39, 0.29) is 30.7 Å². The average Bonchev–Trinajstić information content (AvgIpc) is 2.59. The van der Waals surface area contributed by atoms with E-state index in [9.17, 15) is 4.79 Å². The number of rotatable bonds is 8. The van der Waals surface area contributed by atoms with Crippen LogP contribution >= 0.6 is 24.8 Å². The fourth-order valence-corrected chi connectivity index (χ4v) is 1.96. The Bertz CT molecular complexity index is 684. The molecule has 1 heterocycles. The molecule has 0 bridgehead atoms. The van der Waals surface area contributed by atoms with Gasteiger partial charge in [-0.1, -0.05) is 25.1 Å². The van der Waals surface area contributed by atoms with E-state index >= 15 is 0 Å². The van der Waals surface area contributed by atoms with Gasteiger partial charge in [-0.25, -0.2) is 4.98 Å². The average molecular weight is 402 g/mol. The van der Waals surface area contributed by atoms with Gasteiger partial charge in [-0.3, -0.25) is 4.79 Å². The molecule has 1 atom stereocenters. The van der Waals surface area contributed by atoms with Crippen molar-refractivity contribution in [1.29, 1.82) is 0 Å². The fraction of sp³-hybridized carbons (Fsp3) is 0.333. The standard InChI is InChI=1S/C18H23N3O3.2ClH/c1-3-11-23-15-8-4-5-9-16(15)24-18-14(7-6-10-20-18)12-21-17(22)13(2)19;;/h4-10,13H,3,11-12,19H2,1-2H3,(H,21,22);2*1H/t13-;;/m1../s1. The first kappa shape index (κ1) is 24.0. The molecule has 0 unspecified atom stereocenters. The number of halogens is 2. The number of nitrogens with two attached hydrogens (primary N) is 1. The van der Waals surface area contributed by atoms with Gasteiger partial charge in [0.2, 0.25) is 11.8 Å². The molecule has 8 heteroatoms. The highest BCUT2D eigenvalue weighted by atomic mass is 35.5. The Morgan fingerprint density at radius 1 is 1.19 bits per heavy atom. The lowest BCUT2D eigenvalue weighted by atomic mass is 10.2. The van der Waals surface area contributed by atoms with Crippen LogP contribution in [0.1, 0.15) is 25.8 Å². The molecule has 0 spiro atoms. The largest absolute Gasteiger partial charge is 0.490 e. The number of pyridine rings is 1. The summed E-state index contributed by atoms with van der Waals surface area (Å²) >= 11 is 0. The number of amides is 1. The number of ether oxygens (including phenoxy) is 2. The minimum Gasteiger partial charge on any atom is -0.490 e. The molecular formula is C18H25Cl2N3O3. The Morgan fingerprint density at radius 3 is 2.54 bits per heavy atom. The van der Waals surface area contributed by atoms with E-state index in [0.29, 0.717) is 30.5 Å². The fourth-order valence-electron chi connectivity index (χ4n) is 1.96. The molecule has 3 N–H and O–H groups in total. The van der Waals surface area contributed by atoms with Crippen molar-refractivity contribution < 1.29 is 14.3 Å². The van der Waals surface area contributed by atoms with Gasteiger partial charge in [0.15, 0.2) is 11.5 Å². The summed E-state index contributed by atoms with van der Waals surface area (Å²) in [6, 6.07) is 10.5. The second kappa shape index (κ2) is 12.4. The summed E-state index contributed by atoms with van der Waals surface area (Å²) in [6.45, 7) is 4.58. The summed E-state index contributed by atoms with van der Waals surface area (Å²) in [7, 11) is 0. The van der Waals surface area contributed by atoms with Crippen molar-refractivity contribution in [3.05, 3.63) is 48.2 Å². The molecule has 1 amide bonds. The maximum Gasteiger partial charge on any atom is 0.236 e. The molecule has 0 aliphatic heterocycles. The molecule has 144 valence electrons. The Hall–Kier alpha value is -2.02. The van der Waals surface area contributed by atoms with Crippen molar-refractivity contribution in [3.63, 3.8) is 0 Å². The van der Waals surface area contributed by atoms with Gasteiger partial charge in [-0.05, 0) is 31.5 Å². The second-order valence-corrected chi connectivity index (χ2v) is 5.37. The van der Waals surface area contributed by atoms with Crippen molar-refractivity contribution in [3.8, 4) is 17.4 Å². The smallest absolute Gasteiger partial charge is 0.236 e. The molecule has 0 fully saturated rings. The van der Waals surface area contributed by atoms with E-state index in [1.54, 1.807) is 19.2 Å². The number of para-hydroxylation sites is 2. The quantitative estimate of drug-likeness (QED) is 0.706. The molecule has 2 aromatic rings. The predicted octanol–water partition coefficient (Wildman–Crippen LogP) is 3.47. The van der Waals surface area contributed by atoms with Gasteiger partial charge < -0.3 is 20.5 Å². The monoisotopic (exact) mass is 401 g/mol. The van der Waals surface area contributed by atoms with Crippen LogP contribution in [-0.4, -0.2) is 23.5 Å². The molecular weight excluding hydrogens is 377 g/mol. The first-order chi connectivity index (χ1) is 11.6. The van der Waals surface area contributed by atoms with E-state index in [4.69, 9.17) is 15.2 Å². The van der Waals surface area contributed by atoms with Crippen LogP contribution in [0.15, 0.2) is 42.6 Å². The van der Waals surface area contributed by atoms with Crippen molar-refractivity contribution in [1.82, 2.24) is 10.3 Å². The zero-order valence-electron chi connectivity index (χ0n) is 14.8. The molecule has 0 aliphatic rings. The summed E-state index contributed by atoms with van der Waals surface area (Å²) in [4.78, 5) is 15.9. The van der Waals surface area contributed by atoms with E-state index in [1.165, 1.54) is 0 Å². The molecule has 1 aromatic heterocycles. The van der Waals surface area contributed by atoms with Gasteiger partial charge in [0.1, 0.15) is 0 Å². The van der Waals surface area contributed by atoms with Gasteiger partial charge in [0.25, 0.3) is 0 Å². The third-order valence-corrected chi connectivity index (χ3v) is 3.23. The van der Waals surface area contributed by atoms with Crippen LogP contribution in [-0.2, 0) is 11.3 Å². The second-order valence-electron chi connectivity index (χ2n) is 5.37. The van der Waals surface area contributed by atoms with Gasteiger partial charge in [0.05, 0.1) is 12.6 Å². The molecule has 1 aromatic carbocycles. The highest BCUT2D eigenvalue weighted by Gasteiger charge is 2.12. The van der Waals surface area contributed by atoms with E-state index in [2.05, 4.69) is 10.3 Å².